The molecular weight excluding hydrogens is 456 g/mol. The number of nitrogens with one attached hydrogen (secondary N) is 1. The van der Waals surface area contributed by atoms with Gasteiger partial charge in [0.05, 0.1) is 10.6 Å². The van der Waals surface area contributed by atoms with E-state index in [1.54, 1.807) is 36.2 Å². The normalized spacial score (nSPS) is 11.2. The number of nitrogens with zero attached hydrogens (tertiary/aromatic N) is 1. The maximum Gasteiger partial charge on any atom is 0.490 e. The summed E-state index contributed by atoms with van der Waals surface area (Å²) in [6.45, 7) is 0.439. The Hall–Kier alpha value is -3.15. The molecular formula is C18H16ClF6N3O3. The van der Waals surface area contributed by atoms with Crippen LogP contribution in [-0.4, -0.2) is 35.2 Å². The third kappa shape index (κ3) is 8.62. The van der Waals surface area contributed by atoms with Crippen molar-refractivity contribution in [2.45, 2.75) is 18.9 Å². The number of nitrogens with two attached hydrogens (primary N) is 1. The molecule has 170 valence electrons. The highest BCUT2D eigenvalue weighted by atomic mass is 35.5. The maximum atomic E-state index is 12.8. The first-order valence-corrected chi connectivity index (χ1v) is 8.48. The molecule has 0 radical (unpaired) electrons. The summed E-state index contributed by atoms with van der Waals surface area (Å²) in [6, 6.07) is 10.1. The highest BCUT2D eigenvalue weighted by Crippen LogP contribution is 2.37. The van der Waals surface area contributed by atoms with Crippen molar-refractivity contribution >= 4 is 23.5 Å². The van der Waals surface area contributed by atoms with Crippen LogP contribution in [0.3, 0.4) is 0 Å². The summed E-state index contributed by atoms with van der Waals surface area (Å²) >= 11 is 5.57. The van der Waals surface area contributed by atoms with Crippen molar-refractivity contribution in [3.05, 3.63) is 58.6 Å². The van der Waals surface area contributed by atoms with E-state index >= 15 is 0 Å². The average molecular weight is 472 g/mol. The van der Waals surface area contributed by atoms with Gasteiger partial charge in [-0.3, -0.25) is 5.41 Å². The number of carbonyl (C=O) groups is 1. The fraction of sp³-hybridized carbons (Fsp3) is 0.222. The summed E-state index contributed by atoms with van der Waals surface area (Å²) in [4.78, 5) is 10.4. The number of hydrogen-bond acceptors (Lipinski definition) is 3. The molecule has 2 rings (SSSR count). The van der Waals surface area contributed by atoms with Gasteiger partial charge in [0.15, 0.2) is 5.96 Å². The number of benzene rings is 2. The molecule has 0 saturated heterocycles. The minimum Gasteiger partial charge on any atom is -0.475 e. The molecule has 0 saturated carbocycles. The second-order valence-electron chi connectivity index (χ2n) is 5.93. The zero-order valence-electron chi connectivity index (χ0n) is 15.7. The molecule has 2 aromatic rings. The lowest BCUT2D eigenvalue weighted by Gasteiger charge is -2.16. The van der Waals surface area contributed by atoms with Crippen LogP contribution in [-0.2, 0) is 17.5 Å². The van der Waals surface area contributed by atoms with E-state index in [1.807, 2.05) is 0 Å². The van der Waals surface area contributed by atoms with Crippen molar-refractivity contribution in [3.8, 4) is 11.5 Å². The van der Waals surface area contributed by atoms with E-state index in [9.17, 15) is 26.3 Å². The lowest BCUT2D eigenvalue weighted by Crippen LogP contribution is -2.32. The molecule has 4 N–H and O–H groups in total. The summed E-state index contributed by atoms with van der Waals surface area (Å²) in [7, 11) is 1.68. The Labute approximate surface area is 177 Å². The first-order valence-electron chi connectivity index (χ1n) is 8.10. The molecule has 0 spiro atoms. The predicted molar refractivity (Wildman–Crippen MR) is 100 cm³/mol. The van der Waals surface area contributed by atoms with Crippen molar-refractivity contribution in [3.63, 3.8) is 0 Å². The summed E-state index contributed by atoms with van der Waals surface area (Å²) in [5.74, 6) is -2.39. The fourth-order valence-corrected chi connectivity index (χ4v) is 2.17. The highest BCUT2D eigenvalue weighted by molar-refractivity contribution is 6.31. The van der Waals surface area contributed by atoms with Crippen LogP contribution >= 0.6 is 11.6 Å². The number of carboxylic acid groups (broad SMARTS) is 1. The third-order valence-electron chi connectivity index (χ3n) is 3.48. The molecule has 0 fully saturated rings. The van der Waals surface area contributed by atoms with Gasteiger partial charge >= 0.3 is 18.3 Å². The quantitative estimate of drug-likeness (QED) is 0.327. The van der Waals surface area contributed by atoms with Crippen molar-refractivity contribution in [1.82, 2.24) is 4.90 Å². The zero-order valence-corrected chi connectivity index (χ0v) is 16.4. The first kappa shape index (κ1) is 25.9. The fourth-order valence-electron chi connectivity index (χ4n) is 1.94. The van der Waals surface area contributed by atoms with E-state index in [0.717, 1.165) is 17.7 Å². The lowest BCUT2D eigenvalue weighted by molar-refractivity contribution is -0.192. The topological polar surface area (TPSA) is 99.6 Å². The van der Waals surface area contributed by atoms with Gasteiger partial charge in [-0.25, -0.2) is 4.79 Å². The van der Waals surface area contributed by atoms with E-state index in [-0.39, 0.29) is 16.7 Å². The first-order chi connectivity index (χ1) is 14.1. The molecule has 0 atom stereocenters. The second-order valence-corrected chi connectivity index (χ2v) is 6.34. The molecule has 13 heteroatoms. The van der Waals surface area contributed by atoms with Crippen LogP contribution in [0.4, 0.5) is 26.3 Å². The van der Waals surface area contributed by atoms with E-state index in [0.29, 0.717) is 12.3 Å². The number of rotatable bonds is 4. The summed E-state index contributed by atoms with van der Waals surface area (Å²) < 4.78 is 75.7. The molecule has 0 aromatic heterocycles. The number of hydrogen-bond donors (Lipinski definition) is 3. The molecule has 0 amide bonds. The molecule has 31 heavy (non-hydrogen) atoms. The molecule has 6 nitrogen and oxygen atoms in total. The number of ether oxygens (including phenoxy) is 1. The number of alkyl halides is 6. The van der Waals surface area contributed by atoms with Gasteiger partial charge in [-0.15, -0.1) is 0 Å². The van der Waals surface area contributed by atoms with Gasteiger partial charge in [-0.05, 0) is 35.9 Å². The van der Waals surface area contributed by atoms with Crippen LogP contribution in [0.1, 0.15) is 11.1 Å². The molecule has 0 bridgehead atoms. The van der Waals surface area contributed by atoms with Gasteiger partial charge in [0.25, 0.3) is 0 Å². The van der Waals surface area contributed by atoms with Gasteiger partial charge in [0, 0.05) is 13.6 Å². The van der Waals surface area contributed by atoms with Crippen LogP contribution in [0, 0.1) is 5.41 Å². The Balaban J connectivity index is 0.000000592. The SMILES string of the molecule is CN(Cc1ccc(Oc2ccc(Cl)c(C(F)(F)F)c2)cc1)C(=N)N.O=C(O)C(F)(F)F. The molecule has 0 aliphatic heterocycles. The number of guanidine groups is 1. The van der Waals surface area contributed by atoms with Crippen molar-refractivity contribution in [2.75, 3.05) is 7.05 Å². The maximum absolute atomic E-state index is 12.8. The molecule has 0 aliphatic rings. The number of carboxylic acids is 1. The van der Waals surface area contributed by atoms with Crippen LogP contribution in [0.25, 0.3) is 0 Å². The van der Waals surface area contributed by atoms with Crippen LogP contribution in [0.5, 0.6) is 11.5 Å². The van der Waals surface area contributed by atoms with Crippen LogP contribution < -0.4 is 10.5 Å². The number of halogens is 7. The van der Waals surface area contributed by atoms with Crippen molar-refractivity contribution < 1.29 is 41.0 Å². The third-order valence-corrected chi connectivity index (χ3v) is 3.81. The van der Waals surface area contributed by atoms with Gasteiger partial charge in [-0.2, -0.15) is 26.3 Å². The van der Waals surface area contributed by atoms with Gasteiger partial charge < -0.3 is 20.5 Å². The van der Waals surface area contributed by atoms with Crippen LogP contribution in [0.15, 0.2) is 42.5 Å². The van der Waals surface area contributed by atoms with Crippen molar-refractivity contribution in [2.24, 2.45) is 5.73 Å². The summed E-state index contributed by atoms with van der Waals surface area (Å²) in [6.07, 6.45) is -9.63. The molecule has 2 aromatic carbocycles. The van der Waals surface area contributed by atoms with Crippen molar-refractivity contribution in [1.29, 1.82) is 5.41 Å². The Morgan fingerprint density at radius 3 is 2.00 bits per heavy atom. The highest BCUT2D eigenvalue weighted by Gasteiger charge is 2.38. The smallest absolute Gasteiger partial charge is 0.475 e. The predicted octanol–water partition coefficient (Wildman–Crippen LogP) is 5.11. The minimum atomic E-state index is -5.08. The van der Waals surface area contributed by atoms with E-state index in [4.69, 9.17) is 37.4 Å². The van der Waals surface area contributed by atoms with Gasteiger partial charge in [0.2, 0.25) is 0 Å². The van der Waals surface area contributed by atoms with Gasteiger partial charge in [-0.1, -0.05) is 23.7 Å². The molecule has 0 heterocycles. The second kappa shape index (κ2) is 10.2. The Bertz CT molecular complexity index is 917. The Kier molecular flexibility index (Phi) is 8.55. The standard InChI is InChI=1S/C16H15ClF3N3O.C2HF3O2/c1-23(15(21)22)9-10-2-4-11(5-3-10)24-12-6-7-14(17)13(8-12)16(18,19)20;3-2(4,5)1(6)7/h2-8H,9H2,1H3,(H3,21,22);(H,6,7). The van der Waals surface area contributed by atoms with E-state index in [2.05, 4.69) is 0 Å². The number of aliphatic carboxylic acids is 1. The summed E-state index contributed by atoms with van der Waals surface area (Å²) in [5, 5.41) is 14.1. The summed E-state index contributed by atoms with van der Waals surface area (Å²) in [5.41, 5.74) is 5.30. The van der Waals surface area contributed by atoms with E-state index < -0.39 is 23.9 Å². The monoisotopic (exact) mass is 471 g/mol. The molecule has 0 unspecified atom stereocenters. The minimum absolute atomic E-state index is 0.0420. The largest absolute Gasteiger partial charge is 0.490 e. The Morgan fingerprint density at radius 2 is 1.58 bits per heavy atom. The molecule has 0 aliphatic carbocycles. The zero-order chi connectivity index (χ0) is 24.0. The Morgan fingerprint density at radius 1 is 1.10 bits per heavy atom. The van der Waals surface area contributed by atoms with Crippen LogP contribution in [0.2, 0.25) is 5.02 Å². The average Bonchev–Trinajstić information content (AvgIpc) is 2.63. The lowest BCUT2D eigenvalue weighted by atomic mass is 10.2. The van der Waals surface area contributed by atoms with Gasteiger partial charge in [0.1, 0.15) is 11.5 Å². The van der Waals surface area contributed by atoms with E-state index in [1.165, 1.54) is 6.07 Å².